The number of carbonyl (C=O) groups is 1. The third kappa shape index (κ3) is 3.74. The van der Waals surface area contributed by atoms with Crippen molar-refractivity contribution in [3.05, 3.63) is 0 Å². The monoisotopic (exact) mass is 131 g/mol. The maximum Gasteiger partial charge on any atom is 0.224 e. The summed E-state index contributed by atoms with van der Waals surface area (Å²) in [6.45, 7) is 3.47. The quantitative estimate of drug-likeness (QED) is 0.535. The fourth-order valence-electron chi connectivity index (χ4n) is 0.285. The van der Waals surface area contributed by atoms with Crippen LogP contribution < -0.4 is 5.32 Å². The van der Waals surface area contributed by atoms with Crippen LogP contribution in [-0.4, -0.2) is 10.9 Å². The van der Waals surface area contributed by atoms with Crippen molar-refractivity contribution in [2.45, 2.75) is 20.3 Å². The average molecular weight is 131 g/mol. The third-order valence-electron chi connectivity index (χ3n) is 0.637. The molecule has 0 aliphatic rings. The van der Waals surface area contributed by atoms with Crippen molar-refractivity contribution >= 4 is 23.1 Å². The lowest BCUT2D eigenvalue weighted by atomic mass is 10.4. The Morgan fingerprint density at radius 1 is 1.75 bits per heavy atom. The van der Waals surface area contributed by atoms with E-state index in [1.165, 1.54) is 0 Å². The van der Waals surface area contributed by atoms with Gasteiger partial charge in [0.2, 0.25) is 5.91 Å². The van der Waals surface area contributed by atoms with Gasteiger partial charge in [0.15, 0.2) is 0 Å². The summed E-state index contributed by atoms with van der Waals surface area (Å²) < 4.78 is 0. The van der Waals surface area contributed by atoms with E-state index < -0.39 is 0 Å². The van der Waals surface area contributed by atoms with Gasteiger partial charge in [0.1, 0.15) is 0 Å². The molecule has 0 aromatic heterocycles. The number of thiocarbonyl (C=S) groups is 1. The van der Waals surface area contributed by atoms with Crippen molar-refractivity contribution in [2.75, 3.05) is 0 Å². The lowest BCUT2D eigenvalue weighted by Gasteiger charge is -1.95. The van der Waals surface area contributed by atoms with Crippen LogP contribution in [0.2, 0.25) is 0 Å². The zero-order chi connectivity index (χ0) is 6.57. The Morgan fingerprint density at radius 2 is 2.25 bits per heavy atom. The van der Waals surface area contributed by atoms with E-state index in [-0.39, 0.29) is 5.91 Å². The fourth-order valence-corrected chi connectivity index (χ4v) is 0.399. The summed E-state index contributed by atoms with van der Waals surface area (Å²) in [6.07, 6.45) is 0.494. The van der Waals surface area contributed by atoms with E-state index in [0.29, 0.717) is 11.4 Å². The van der Waals surface area contributed by atoms with Crippen molar-refractivity contribution < 1.29 is 4.79 Å². The number of carbonyl (C=O) groups excluding carboxylic acids is 1. The molecule has 2 nitrogen and oxygen atoms in total. The first-order valence-electron chi connectivity index (χ1n) is 2.47. The van der Waals surface area contributed by atoms with Crippen LogP contribution in [0.4, 0.5) is 0 Å². The lowest BCUT2D eigenvalue weighted by Crippen LogP contribution is -2.25. The molecule has 0 atom stereocenters. The van der Waals surface area contributed by atoms with E-state index >= 15 is 0 Å². The van der Waals surface area contributed by atoms with E-state index in [1.54, 1.807) is 13.8 Å². The molecular weight excluding hydrogens is 122 g/mol. The number of rotatable bonds is 1. The van der Waals surface area contributed by atoms with Gasteiger partial charge in [-0.2, -0.15) is 0 Å². The van der Waals surface area contributed by atoms with Gasteiger partial charge in [-0.25, -0.2) is 0 Å². The van der Waals surface area contributed by atoms with Crippen molar-refractivity contribution in [1.82, 2.24) is 5.32 Å². The summed E-state index contributed by atoms with van der Waals surface area (Å²) in [5.41, 5.74) is 0. The molecule has 0 aliphatic heterocycles. The fraction of sp³-hybridized carbons (Fsp3) is 0.600. The van der Waals surface area contributed by atoms with Crippen molar-refractivity contribution in [1.29, 1.82) is 0 Å². The highest BCUT2D eigenvalue weighted by atomic mass is 32.1. The van der Waals surface area contributed by atoms with Gasteiger partial charge in [0, 0.05) is 6.42 Å². The van der Waals surface area contributed by atoms with E-state index in [9.17, 15) is 4.79 Å². The maximum atomic E-state index is 10.4. The van der Waals surface area contributed by atoms with E-state index in [2.05, 4.69) is 17.5 Å². The molecule has 0 rings (SSSR count). The van der Waals surface area contributed by atoms with Crippen molar-refractivity contribution in [2.24, 2.45) is 0 Å². The van der Waals surface area contributed by atoms with Crippen molar-refractivity contribution in [3.8, 4) is 0 Å². The number of amides is 1. The maximum absolute atomic E-state index is 10.4. The first-order chi connectivity index (χ1) is 3.66. The van der Waals surface area contributed by atoms with Crippen LogP contribution in [0.15, 0.2) is 0 Å². The summed E-state index contributed by atoms with van der Waals surface area (Å²) >= 11 is 4.61. The molecular formula is C5H9NOS. The predicted octanol–water partition coefficient (Wildman–Crippen LogP) is 0.860. The van der Waals surface area contributed by atoms with Crippen LogP contribution in [0, 0.1) is 0 Å². The topological polar surface area (TPSA) is 29.1 Å². The molecule has 0 bridgehead atoms. The zero-order valence-corrected chi connectivity index (χ0v) is 5.84. The number of nitrogens with one attached hydrogen (secondary N) is 1. The van der Waals surface area contributed by atoms with Crippen LogP contribution in [0.5, 0.6) is 0 Å². The minimum atomic E-state index is -0.0162. The Hall–Kier alpha value is -0.440. The Balaban J connectivity index is 3.40. The molecule has 0 unspecified atom stereocenters. The van der Waals surface area contributed by atoms with Gasteiger partial charge in [0.05, 0.1) is 4.99 Å². The van der Waals surface area contributed by atoms with Gasteiger partial charge in [0.25, 0.3) is 0 Å². The molecule has 0 fully saturated rings. The van der Waals surface area contributed by atoms with Gasteiger partial charge < -0.3 is 5.32 Å². The molecule has 46 valence electrons. The number of hydrogen-bond acceptors (Lipinski definition) is 2. The Kier molecular flexibility index (Phi) is 3.35. The average Bonchev–Trinajstić information content (AvgIpc) is 1.65. The van der Waals surface area contributed by atoms with Crippen LogP contribution >= 0.6 is 12.2 Å². The van der Waals surface area contributed by atoms with E-state index in [0.717, 1.165) is 0 Å². The summed E-state index contributed by atoms with van der Waals surface area (Å²) in [5.74, 6) is -0.0162. The molecule has 8 heavy (non-hydrogen) atoms. The van der Waals surface area contributed by atoms with E-state index in [4.69, 9.17) is 0 Å². The Morgan fingerprint density at radius 3 is 2.38 bits per heavy atom. The molecule has 0 radical (unpaired) electrons. The molecule has 0 spiro atoms. The van der Waals surface area contributed by atoms with Gasteiger partial charge in [-0.05, 0) is 6.92 Å². The van der Waals surface area contributed by atoms with Gasteiger partial charge in [-0.3, -0.25) is 4.79 Å². The standard InChI is InChI=1S/C5H9NOS/c1-3-5(7)6-4(2)8/h3H2,1-2H3,(H,6,7,8). The van der Waals surface area contributed by atoms with Gasteiger partial charge in [-0.15, -0.1) is 0 Å². The van der Waals surface area contributed by atoms with Crippen LogP contribution in [0.1, 0.15) is 20.3 Å². The highest BCUT2D eigenvalue weighted by Gasteiger charge is 1.93. The second-order valence-corrected chi connectivity index (χ2v) is 2.07. The molecule has 0 saturated heterocycles. The Labute approximate surface area is 54.3 Å². The Bertz CT molecular complexity index is 111. The molecule has 1 N–H and O–H groups in total. The third-order valence-corrected chi connectivity index (χ3v) is 0.739. The first kappa shape index (κ1) is 7.56. The van der Waals surface area contributed by atoms with Crippen LogP contribution in [0.3, 0.4) is 0 Å². The van der Waals surface area contributed by atoms with E-state index in [1.807, 2.05) is 0 Å². The first-order valence-corrected chi connectivity index (χ1v) is 2.88. The minimum absolute atomic E-state index is 0.0162. The normalized spacial score (nSPS) is 8.25. The molecule has 3 heteroatoms. The summed E-state index contributed by atoms with van der Waals surface area (Å²) in [7, 11) is 0. The molecule has 1 amide bonds. The minimum Gasteiger partial charge on any atom is -0.321 e. The van der Waals surface area contributed by atoms with Crippen LogP contribution in [0.25, 0.3) is 0 Å². The summed E-state index contributed by atoms with van der Waals surface area (Å²) in [5, 5.41) is 2.48. The van der Waals surface area contributed by atoms with Crippen molar-refractivity contribution in [3.63, 3.8) is 0 Å². The summed E-state index contributed by atoms with van der Waals surface area (Å²) in [6, 6.07) is 0. The molecule has 0 heterocycles. The second-order valence-electron chi connectivity index (χ2n) is 1.46. The van der Waals surface area contributed by atoms with Gasteiger partial charge in [-0.1, -0.05) is 19.1 Å². The molecule has 0 aromatic rings. The highest BCUT2D eigenvalue weighted by Crippen LogP contribution is 1.74. The smallest absolute Gasteiger partial charge is 0.224 e. The van der Waals surface area contributed by atoms with Gasteiger partial charge >= 0.3 is 0 Å². The predicted molar refractivity (Wildman–Crippen MR) is 36.7 cm³/mol. The highest BCUT2D eigenvalue weighted by molar-refractivity contribution is 7.80. The second kappa shape index (κ2) is 3.55. The summed E-state index contributed by atoms with van der Waals surface area (Å²) in [4.78, 5) is 11.0. The number of hydrogen-bond donors (Lipinski definition) is 1. The zero-order valence-electron chi connectivity index (χ0n) is 5.02. The SMILES string of the molecule is CCC(=O)NC(C)=S. The lowest BCUT2D eigenvalue weighted by molar-refractivity contribution is -0.119. The molecule has 0 aromatic carbocycles. The largest absolute Gasteiger partial charge is 0.321 e. The molecule has 0 saturated carbocycles. The van der Waals surface area contributed by atoms with Crippen LogP contribution in [-0.2, 0) is 4.79 Å². The molecule has 0 aliphatic carbocycles.